The minimum absolute atomic E-state index is 0.0232. The van der Waals surface area contributed by atoms with Gasteiger partial charge in [-0.1, -0.05) is 6.07 Å². The van der Waals surface area contributed by atoms with Crippen LogP contribution in [0.15, 0.2) is 18.2 Å². The van der Waals surface area contributed by atoms with Gasteiger partial charge in [0.25, 0.3) is 6.47 Å². The average Bonchev–Trinajstić information content (AvgIpc) is 2.05. The minimum atomic E-state index is -1.16. The number of aromatic carboxylic acids is 1. The summed E-state index contributed by atoms with van der Waals surface area (Å²) < 4.78 is 4.34. The zero-order chi connectivity index (χ0) is 8.97. The van der Waals surface area contributed by atoms with Gasteiger partial charge >= 0.3 is 5.97 Å². The second-order valence-electron chi connectivity index (χ2n) is 1.88. The first-order chi connectivity index (χ1) is 5.74. The fourth-order valence-corrected chi connectivity index (χ4v) is 0.649. The molecule has 0 atom stereocenters. The molecule has 0 aliphatic rings. The highest BCUT2D eigenvalue weighted by atomic mass is 16.5. The van der Waals surface area contributed by atoms with E-state index in [0.717, 1.165) is 0 Å². The van der Waals surface area contributed by atoms with Gasteiger partial charge in [-0.15, -0.1) is 0 Å². The van der Waals surface area contributed by atoms with Crippen LogP contribution in [0, 0.1) is 0 Å². The first-order valence-corrected chi connectivity index (χ1v) is 3.04. The van der Waals surface area contributed by atoms with Gasteiger partial charge < -0.3 is 9.84 Å². The third-order valence-electron chi connectivity index (χ3n) is 1.11. The molecule has 0 radical (unpaired) electrons. The summed E-state index contributed by atoms with van der Waals surface area (Å²) >= 11 is 0. The minimum Gasteiger partial charge on any atom is -0.477 e. The molecule has 1 aromatic heterocycles. The fraction of sp³-hybridized carbons (Fsp3) is 0. The Balaban J connectivity index is 2.95. The summed E-state index contributed by atoms with van der Waals surface area (Å²) in [5, 5.41) is 8.47. The molecule has 0 fully saturated rings. The van der Waals surface area contributed by atoms with E-state index >= 15 is 0 Å². The van der Waals surface area contributed by atoms with E-state index in [-0.39, 0.29) is 18.0 Å². The highest BCUT2D eigenvalue weighted by molar-refractivity contribution is 5.85. The zero-order valence-electron chi connectivity index (χ0n) is 5.93. The fourth-order valence-electron chi connectivity index (χ4n) is 0.649. The lowest BCUT2D eigenvalue weighted by molar-refractivity contribution is -0.120. The van der Waals surface area contributed by atoms with Crippen molar-refractivity contribution in [1.82, 2.24) is 4.98 Å². The van der Waals surface area contributed by atoms with Gasteiger partial charge in [-0.05, 0) is 6.07 Å². The molecule has 0 spiro atoms. The predicted molar refractivity (Wildman–Crippen MR) is 37.9 cm³/mol. The quantitative estimate of drug-likeness (QED) is 0.656. The Morgan fingerprint density at radius 3 is 2.92 bits per heavy atom. The summed E-state index contributed by atoms with van der Waals surface area (Å²) in [4.78, 5) is 23.7. The first kappa shape index (κ1) is 8.19. The summed E-state index contributed by atoms with van der Waals surface area (Å²) in [5.41, 5.74) is -0.158. The Kier molecular flexibility index (Phi) is 2.37. The lowest BCUT2D eigenvalue weighted by Gasteiger charge is -1.96. The maximum atomic E-state index is 10.4. The van der Waals surface area contributed by atoms with Crippen molar-refractivity contribution in [2.24, 2.45) is 0 Å². The van der Waals surface area contributed by atoms with Gasteiger partial charge in [-0.25, -0.2) is 9.78 Å². The first-order valence-electron chi connectivity index (χ1n) is 3.04. The van der Waals surface area contributed by atoms with E-state index in [4.69, 9.17) is 5.11 Å². The number of ether oxygens (including phenoxy) is 1. The van der Waals surface area contributed by atoms with Crippen LogP contribution in [0.2, 0.25) is 0 Å². The van der Waals surface area contributed by atoms with Crippen LogP contribution in [0.25, 0.3) is 0 Å². The number of aromatic nitrogens is 1. The number of carbonyl (C=O) groups excluding carboxylic acids is 1. The smallest absolute Gasteiger partial charge is 0.354 e. The highest BCUT2D eigenvalue weighted by Gasteiger charge is 2.04. The van der Waals surface area contributed by atoms with Gasteiger partial charge in [0.2, 0.25) is 5.88 Å². The number of carboxylic acids is 1. The molecule has 0 amide bonds. The average molecular weight is 167 g/mol. The van der Waals surface area contributed by atoms with Crippen LogP contribution < -0.4 is 4.74 Å². The number of carbonyl (C=O) groups is 2. The van der Waals surface area contributed by atoms with Gasteiger partial charge in [0.15, 0.2) is 5.69 Å². The van der Waals surface area contributed by atoms with Crippen LogP contribution in [0.5, 0.6) is 5.88 Å². The van der Waals surface area contributed by atoms with E-state index in [1.54, 1.807) is 0 Å². The maximum Gasteiger partial charge on any atom is 0.354 e. The molecular weight excluding hydrogens is 162 g/mol. The van der Waals surface area contributed by atoms with Crippen molar-refractivity contribution in [3.05, 3.63) is 23.9 Å². The molecule has 62 valence electrons. The van der Waals surface area contributed by atoms with Crippen molar-refractivity contribution in [2.45, 2.75) is 0 Å². The molecule has 1 aromatic rings. The van der Waals surface area contributed by atoms with Crippen molar-refractivity contribution in [3.8, 4) is 5.88 Å². The number of hydrogen-bond donors (Lipinski definition) is 1. The lowest BCUT2D eigenvalue weighted by Crippen LogP contribution is -2.01. The van der Waals surface area contributed by atoms with Gasteiger partial charge in [0.1, 0.15) is 0 Å². The Morgan fingerprint density at radius 1 is 1.58 bits per heavy atom. The van der Waals surface area contributed by atoms with Gasteiger partial charge in [-0.3, -0.25) is 4.79 Å². The molecule has 12 heavy (non-hydrogen) atoms. The summed E-state index contributed by atoms with van der Waals surface area (Å²) in [6.45, 7) is 0.188. The van der Waals surface area contributed by atoms with Crippen LogP contribution >= 0.6 is 0 Å². The highest BCUT2D eigenvalue weighted by Crippen LogP contribution is 2.05. The normalized spacial score (nSPS) is 9.00. The van der Waals surface area contributed by atoms with Crippen molar-refractivity contribution in [1.29, 1.82) is 0 Å². The van der Waals surface area contributed by atoms with E-state index in [0.29, 0.717) is 0 Å². The van der Waals surface area contributed by atoms with Crippen molar-refractivity contribution in [3.63, 3.8) is 0 Å². The molecule has 1 heterocycles. The summed E-state index contributed by atoms with van der Waals surface area (Å²) in [6.07, 6.45) is 0. The standard InChI is InChI=1S/C7H5NO4/c9-4-12-6-3-1-2-5(8-6)7(10)11/h1-4H,(H,10,11). The largest absolute Gasteiger partial charge is 0.477 e. The summed E-state index contributed by atoms with van der Waals surface area (Å²) in [6, 6.07) is 4.14. The molecule has 0 unspecified atom stereocenters. The molecule has 0 saturated carbocycles. The van der Waals surface area contributed by atoms with E-state index in [2.05, 4.69) is 9.72 Å². The molecular formula is C7H5NO4. The molecule has 1 N–H and O–H groups in total. The number of rotatable bonds is 3. The summed E-state index contributed by atoms with van der Waals surface area (Å²) in [7, 11) is 0. The van der Waals surface area contributed by atoms with E-state index in [1.165, 1.54) is 18.2 Å². The van der Waals surface area contributed by atoms with Crippen molar-refractivity contribution in [2.75, 3.05) is 0 Å². The second-order valence-corrected chi connectivity index (χ2v) is 1.88. The second kappa shape index (κ2) is 3.47. The van der Waals surface area contributed by atoms with Crippen molar-refractivity contribution < 1.29 is 19.4 Å². The maximum absolute atomic E-state index is 10.4. The van der Waals surface area contributed by atoms with Crippen LogP contribution in [-0.2, 0) is 4.79 Å². The molecule has 5 nitrogen and oxygen atoms in total. The van der Waals surface area contributed by atoms with Crippen LogP contribution in [0.4, 0.5) is 0 Å². The zero-order valence-corrected chi connectivity index (χ0v) is 5.93. The third-order valence-corrected chi connectivity index (χ3v) is 1.11. The van der Waals surface area contributed by atoms with Crippen LogP contribution in [-0.4, -0.2) is 22.5 Å². The number of pyridine rings is 1. The van der Waals surface area contributed by atoms with Gasteiger partial charge in [0.05, 0.1) is 0 Å². The number of carboxylic acid groups (broad SMARTS) is 1. The summed E-state index contributed by atoms with van der Waals surface area (Å²) in [5.74, 6) is -1.18. The molecule has 5 heteroatoms. The Hall–Kier alpha value is -1.91. The SMILES string of the molecule is O=COc1cccc(C(=O)O)n1. The van der Waals surface area contributed by atoms with Crippen LogP contribution in [0.1, 0.15) is 10.5 Å². The molecule has 0 aliphatic heterocycles. The number of nitrogens with zero attached hydrogens (tertiary/aromatic N) is 1. The molecule has 1 rings (SSSR count). The molecule has 0 saturated heterocycles. The van der Waals surface area contributed by atoms with E-state index in [1.807, 2.05) is 0 Å². The van der Waals surface area contributed by atoms with Crippen LogP contribution in [0.3, 0.4) is 0 Å². The van der Waals surface area contributed by atoms with E-state index < -0.39 is 5.97 Å². The monoisotopic (exact) mass is 167 g/mol. The topological polar surface area (TPSA) is 76.5 Å². The molecule has 0 aromatic carbocycles. The van der Waals surface area contributed by atoms with Gasteiger partial charge in [-0.2, -0.15) is 0 Å². The lowest BCUT2D eigenvalue weighted by atomic mass is 10.3. The Morgan fingerprint density at radius 2 is 2.33 bits per heavy atom. The Labute approximate surface area is 67.6 Å². The van der Waals surface area contributed by atoms with Crippen molar-refractivity contribution >= 4 is 12.4 Å². The molecule has 0 bridgehead atoms. The van der Waals surface area contributed by atoms with Gasteiger partial charge in [0, 0.05) is 6.07 Å². The predicted octanol–water partition coefficient (Wildman–Crippen LogP) is 0.315. The third kappa shape index (κ3) is 1.79. The molecule has 0 aliphatic carbocycles. The Bertz CT molecular complexity index is 310. The van der Waals surface area contributed by atoms with E-state index in [9.17, 15) is 9.59 Å². The number of hydrogen-bond acceptors (Lipinski definition) is 4.